The number of hydrogen-bond acceptors (Lipinski definition) is 8. The van der Waals surface area contributed by atoms with Crippen molar-refractivity contribution in [2.75, 3.05) is 19.8 Å². The molecule has 194 valence electrons. The number of carbonyl (C=O) groups excluding carboxylic acids is 2. The maximum atomic E-state index is 12.6. The van der Waals surface area contributed by atoms with Crippen molar-refractivity contribution in [3.63, 3.8) is 0 Å². The van der Waals surface area contributed by atoms with Gasteiger partial charge in [0.25, 0.3) is 5.91 Å². The van der Waals surface area contributed by atoms with Gasteiger partial charge in [0.15, 0.2) is 18.3 Å². The van der Waals surface area contributed by atoms with Crippen LogP contribution < -0.4 is 25.5 Å². The zero-order chi connectivity index (χ0) is 26.8. The molecule has 4 N–H and O–H groups in total. The lowest BCUT2D eigenvalue weighted by Crippen LogP contribution is -2.45. The molecule has 0 fully saturated rings. The average Bonchev–Trinajstić information content (AvgIpc) is 2.86. The molecule has 1 heterocycles. The average molecular weight is 527 g/mol. The van der Waals surface area contributed by atoms with E-state index in [2.05, 4.69) is 21.2 Å². The van der Waals surface area contributed by atoms with Gasteiger partial charge in [0.1, 0.15) is 11.5 Å². The maximum absolute atomic E-state index is 12.6. The van der Waals surface area contributed by atoms with Crippen molar-refractivity contribution in [2.45, 2.75) is 19.9 Å². The summed E-state index contributed by atoms with van der Waals surface area (Å²) in [6.45, 7) is 2.91. The van der Waals surface area contributed by atoms with Crippen LogP contribution in [0.2, 0.25) is 0 Å². The lowest BCUT2D eigenvalue weighted by Gasteiger charge is -2.30. The van der Waals surface area contributed by atoms with Gasteiger partial charge in [-0.15, -0.1) is 0 Å². The number of amides is 1. The number of carboxylic acid groups (broad SMARTS) is 1. The molecule has 2 aromatic carbocycles. The number of nitrogens with one attached hydrogen (secondary N) is 3. The Balaban J connectivity index is 1.63. The second kappa shape index (κ2) is 13.0. The van der Waals surface area contributed by atoms with Crippen molar-refractivity contribution in [1.82, 2.24) is 16.1 Å². The summed E-state index contributed by atoms with van der Waals surface area (Å²) in [5.41, 5.74) is 4.58. The first-order chi connectivity index (χ1) is 17.8. The van der Waals surface area contributed by atoms with Crippen LogP contribution in [0.3, 0.4) is 0 Å². The van der Waals surface area contributed by atoms with E-state index in [1.807, 2.05) is 0 Å². The summed E-state index contributed by atoms with van der Waals surface area (Å²) in [5.74, 6) is -1.28. The van der Waals surface area contributed by atoms with Crippen LogP contribution in [0.15, 0.2) is 64.9 Å². The van der Waals surface area contributed by atoms with E-state index in [4.69, 9.17) is 31.5 Å². The number of carbonyl (C=O) groups is 3. The summed E-state index contributed by atoms with van der Waals surface area (Å²) in [4.78, 5) is 35.5. The molecule has 0 unspecified atom stereocenters. The molecule has 2 aromatic rings. The molecular formula is C25H26N4O7S. The molecule has 37 heavy (non-hydrogen) atoms. The fourth-order valence-electron chi connectivity index (χ4n) is 3.41. The van der Waals surface area contributed by atoms with E-state index in [-0.39, 0.29) is 13.2 Å². The molecule has 1 aliphatic heterocycles. The van der Waals surface area contributed by atoms with E-state index in [1.165, 1.54) is 6.21 Å². The smallest absolute Gasteiger partial charge is 0.341 e. The topological polar surface area (TPSA) is 148 Å². The highest BCUT2D eigenvalue weighted by Gasteiger charge is 2.32. The summed E-state index contributed by atoms with van der Waals surface area (Å²) in [6.07, 6.45) is 1.42. The molecular weight excluding hydrogens is 500 g/mol. The normalized spacial score (nSPS) is 15.0. The van der Waals surface area contributed by atoms with Gasteiger partial charge in [0.2, 0.25) is 0 Å². The highest BCUT2D eigenvalue weighted by Crippen LogP contribution is 2.33. The minimum atomic E-state index is -1.07. The molecule has 0 bridgehead atoms. The maximum Gasteiger partial charge on any atom is 0.341 e. The summed E-state index contributed by atoms with van der Waals surface area (Å²) in [7, 11) is 0. The lowest BCUT2D eigenvalue weighted by atomic mass is 9.95. The number of carboxylic acids is 1. The van der Waals surface area contributed by atoms with Gasteiger partial charge in [-0.2, -0.15) is 5.10 Å². The van der Waals surface area contributed by atoms with E-state index in [0.717, 1.165) is 0 Å². The van der Waals surface area contributed by atoms with Crippen LogP contribution in [0.1, 0.15) is 31.0 Å². The summed E-state index contributed by atoms with van der Waals surface area (Å²) in [5, 5.41) is 18.9. The van der Waals surface area contributed by atoms with Gasteiger partial charge in [-0.3, -0.25) is 4.79 Å². The third kappa shape index (κ3) is 7.77. The second-order valence-corrected chi connectivity index (χ2v) is 8.07. The van der Waals surface area contributed by atoms with Crippen LogP contribution in [0.4, 0.5) is 0 Å². The Bertz CT molecular complexity index is 1230. The van der Waals surface area contributed by atoms with Gasteiger partial charge >= 0.3 is 11.9 Å². The van der Waals surface area contributed by atoms with Gasteiger partial charge < -0.3 is 30.0 Å². The molecule has 11 nitrogen and oxygen atoms in total. The van der Waals surface area contributed by atoms with Crippen LogP contribution in [0.25, 0.3) is 0 Å². The molecule has 0 aromatic heterocycles. The first kappa shape index (κ1) is 27.1. The van der Waals surface area contributed by atoms with E-state index >= 15 is 0 Å². The second-order valence-electron chi connectivity index (χ2n) is 7.66. The predicted octanol–water partition coefficient (Wildman–Crippen LogP) is 2.04. The minimum absolute atomic E-state index is 0.217. The number of benzene rings is 2. The Morgan fingerprint density at radius 1 is 1.11 bits per heavy atom. The lowest BCUT2D eigenvalue weighted by molar-refractivity contribution is -0.140. The van der Waals surface area contributed by atoms with Crippen molar-refractivity contribution in [2.24, 2.45) is 5.10 Å². The monoisotopic (exact) mass is 526 g/mol. The zero-order valence-electron chi connectivity index (χ0n) is 20.1. The van der Waals surface area contributed by atoms with E-state index in [1.54, 1.807) is 62.4 Å². The van der Waals surface area contributed by atoms with Crippen molar-refractivity contribution in [3.05, 3.63) is 70.9 Å². The van der Waals surface area contributed by atoms with E-state index in [9.17, 15) is 14.4 Å². The highest BCUT2D eigenvalue weighted by molar-refractivity contribution is 7.80. The molecule has 1 amide bonds. The van der Waals surface area contributed by atoms with Gasteiger partial charge in [0, 0.05) is 11.3 Å². The highest BCUT2D eigenvalue weighted by atomic mass is 32.1. The number of allylic oxidation sites excluding steroid dienone is 1. The van der Waals surface area contributed by atoms with Crippen LogP contribution >= 0.6 is 12.2 Å². The fraction of sp³-hybridized carbons (Fsp3) is 0.240. The molecule has 0 aliphatic carbocycles. The molecule has 0 spiro atoms. The largest absolute Gasteiger partial charge is 0.483 e. The van der Waals surface area contributed by atoms with Gasteiger partial charge in [-0.1, -0.05) is 18.2 Å². The van der Waals surface area contributed by atoms with E-state index in [0.29, 0.717) is 39.0 Å². The van der Waals surface area contributed by atoms with Crippen molar-refractivity contribution >= 4 is 41.4 Å². The Morgan fingerprint density at radius 2 is 1.84 bits per heavy atom. The van der Waals surface area contributed by atoms with Crippen molar-refractivity contribution in [3.8, 4) is 11.5 Å². The molecule has 0 saturated carbocycles. The first-order valence-electron chi connectivity index (χ1n) is 11.2. The van der Waals surface area contributed by atoms with Crippen molar-refractivity contribution in [1.29, 1.82) is 0 Å². The van der Waals surface area contributed by atoms with Crippen LogP contribution in [0, 0.1) is 0 Å². The van der Waals surface area contributed by atoms with E-state index < -0.39 is 30.5 Å². The Hall–Kier alpha value is -4.45. The number of aliphatic carboxylic acids is 1. The quantitative estimate of drug-likeness (QED) is 0.148. The van der Waals surface area contributed by atoms with Crippen LogP contribution in [-0.2, 0) is 19.1 Å². The number of thiocarbonyl (C=S) groups is 1. The summed E-state index contributed by atoms with van der Waals surface area (Å²) < 4.78 is 16.0. The molecule has 12 heteroatoms. The number of esters is 1. The molecule has 3 rings (SSSR count). The minimum Gasteiger partial charge on any atom is -0.483 e. The number of nitrogens with zero attached hydrogens (tertiary/aromatic N) is 1. The van der Waals surface area contributed by atoms with Crippen LogP contribution in [-0.4, -0.2) is 54.1 Å². The van der Waals surface area contributed by atoms with Gasteiger partial charge in [0.05, 0.1) is 24.4 Å². The SMILES string of the molecule is CCOC(=O)C1=C(C)NC(=S)N[C@@H]1c1ccccc1OCC(=O)NN=Cc1ccc(OCC(=O)O)cc1. The zero-order valence-corrected chi connectivity index (χ0v) is 21.0. The number of hydrazone groups is 1. The number of rotatable bonds is 11. The number of ether oxygens (including phenoxy) is 3. The summed E-state index contributed by atoms with van der Waals surface area (Å²) in [6, 6.07) is 12.9. The fourth-order valence-corrected chi connectivity index (χ4v) is 3.68. The van der Waals surface area contributed by atoms with Gasteiger partial charge in [-0.25, -0.2) is 15.0 Å². The Morgan fingerprint density at radius 3 is 2.54 bits per heavy atom. The molecule has 0 radical (unpaired) electrons. The third-order valence-electron chi connectivity index (χ3n) is 5.00. The predicted molar refractivity (Wildman–Crippen MR) is 138 cm³/mol. The standard InChI is InChI=1S/C25H26N4O7S/c1-3-34-24(33)22-15(2)27-25(37)28-23(22)18-6-4-5-7-19(18)36-13-20(30)29-26-12-16-8-10-17(11-9-16)35-14-21(31)32/h4-12,23H,3,13-14H2,1-2H3,(H,29,30)(H,31,32)(H2,27,28,37)/t23-/m1/s1. The Labute approximate surface area is 218 Å². The van der Waals surface area contributed by atoms with Crippen LogP contribution in [0.5, 0.6) is 11.5 Å². The molecule has 1 atom stereocenters. The molecule has 1 aliphatic rings. The van der Waals surface area contributed by atoms with Crippen molar-refractivity contribution < 1.29 is 33.7 Å². The Kier molecular flexibility index (Phi) is 9.55. The van der Waals surface area contributed by atoms with Gasteiger partial charge in [-0.05, 0) is 62.0 Å². The first-order valence-corrected chi connectivity index (χ1v) is 11.6. The number of para-hydroxylation sites is 1. The summed E-state index contributed by atoms with van der Waals surface area (Å²) >= 11 is 5.27. The molecule has 0 saturated heterocycles. The number of hydrogen-bond donors (Lipinski definition) is 4. The third-order valence-corrected chi connectivity index (χ3v) is 5.22.